The van der Waals surface area contributed by atoms with Gasteiger partial charge in [-0.25, -0.2) is 9.18 Å². The summed E-state index contributed by atoms with van der Waals surface area (Å²) in [7, 11) is 0. The molecule has 2 amide bonds. The Morgan fingerprint density at radius 3 is 2.94 bits per heavy atom. The van der Waals surface area contributed by atoms with Crippen LogP contribution >= 0.6 is 0 Å². The van der Waals surface area contributed by atoms with Crippen molar-refractivity contribution in [3.8, 4) is 11.1 Å². The average molecular weight is 479 g/mol. The van der Waals surface area contributed by atoms with Gasteiger partial charge in [-0.2, -0.15) is 15.4 Å². The second-order valence-electron chi connectivity index (χ2n) is 8.86. The maximum Gasteiger partial charge on any atom is 0.414 e. The highest BCUT2D eigenvalue weighted by Crippen LogP contribution is 2.34. The number of anilines is 2. The molecule has 0 saturated carbocycles. The van der Waals surface area contributed by atoms with Crippen molar-refractivity contribution >= 4 is 23.4 Å². The number of aromatic nitrogens is 3. The molecule has 0 bridgehead atoms. The van der Waals surface area contributed by atoms with E-state index in [1.807, 2.05) is 6.07 Å². The van der Waals surface area contributed by atoms with E-state index < -0.39 is 18.0 Å². The Bertz CT molecular complexity index is 1230. The minimum Gasteiger partial charge on any atom is -0.442 e. The van der Waals surface area contributed by atoms with Gasteiger partial charge in [0.05, 0.1) is 30.7 Å². The van der Waals surface area contributed by atoms with E-state index in [1.54, 1.807) is 18.3 Å². The summed E-state index contributed by atoms with van der Waals surface area (Å²) in [6.07, 6.45) is 3.50. The van der Waals surface area contributed by atoms with Gasteiger partial charge in [-0.1, -0.05) is 6.07 Å². The zero-order valence-corrected chi connectivity index (χ0v) is 19.5. The van der Waals surface area contributed by atoms with Crippen LogP contribution < -0.4 is 15.1 Å². The van der Waals surface area contributed by atoms with Crippen molar-refractivity contribution in [2.45, 2.75) is 32.3 Å². The van der Waals surface area contributed by atoms with E-state index >= 15 is 4.39 Å². The Balaban J connectivity index is 1.31. The molecule has 1 fully saturated rings. The number of rotatable bonds is 7. The number of benzene rings is 2. The Labute approximate surface area is 202 Å². The first-order valence-electron chi connectivity index (χ1n) is 11.7. The Morgan fingerprint density at radius 2 is 2.17 bits per heavy atom. The summed E-state index contributed by atoms with van der Waals surface area (Å²) in [6, 6.07) is 10.9. The summed E-state index contributed by atoms with van der Waals surface area (Å²) in [5, 5.41) is 13.3. The molecule has 182 valence electrons. The van der Waals surface area contributed by atoms with Gasteiger partial charge < -0.3 is 15.0 Å². The molecule has 2 aromatic carbocycles. The number of halogens is 1. The highest BCUT2D eigenvalue weighted by atomic mass is 19.1. The maximum atomic E-state index is 15.2. The number of aromatic amines is 1. The smallest absolute Gasteiger partial charge is 0.414 e. The van der Waals surface area contributed by atoms with Gasteiger partial charge in [-0.05, 0) is 54.3 Å². The van der Waals surface area contributed by atoms with Crippen LogP contribution in [0.3, 0.4) is 0 Å². The van der Waals surface area contributed by atoms with Gasteiger partial charge in [0.2, 0.25) is 5.91 Å². The van der Waals surface area contributed by atoms with Crippen LogP contribution in [-0.2, 0) is 22.4 Å². The number of hydrogen-bond donors (Lipinski definition) is 2. The summed E-state index contributed by atoms with van der Waals surface area (Å²) in [5.41, 5.74) is 5.02. The molecule has 5 rings (SSSR count). The fourth-order valence-electron chi connectivity index (χ4n) is 4.67. The van der Waals surface area contributed by atoms with Crippen LogP contribution in [0.4, 0.5) is 20.6 Å². The molecule has 1 aromatic heterocycles. The van der Waals surface area contributed by atoms with Gasteiger partial charge in [0.1, 0.15) is 11.9 Å². The molecule has 0 spiro atoms. The van der Waals surface area contributed by atoms with Gasteiger partial charge in [-0.15, -0.1) is 0 Å². The maximum absolute atomic E-state index is 15.2. The summed E-state index contributed by atoms with van der Waals surface area (Å²) in [5.74, 6) is -0.600. The van der Waals surface area contributed by atoms with E-state index in [0.29, 0.717) is 11.3 Å². The highest BCUT2D eigenvalue weighted by molar-refractivity contribution is 5.90. The van der Waals surface area contributed by atoms with Crippen molar-refractivity contribution in [1.29, 1.82) is 0 Å². The second-order valence-corrected chi connectivity index (χ2v) is 8.86. The van der Waals surface area contributed by atoms with E-state index in [9.17, 15) is 9.59 Å². The first kappa shape index (κ1) is 22.8. The molecular weight excluding hydrogens is 451 g/mol. The van der Waals surface area contributed by atoms with Crippen molar-refractivity contribution in [2.24, 2.45) is 0 Å². The number of carbonyl (C=O) groups is 2. The largest absolute Gasteiger partial charge is 0.442 e. The average Bonchev–Trinajstić information content (AvgIpc) is 3.50. The normalized spacial score (nSPS) is 17.3. The number of ether oxygens (including phenoxy) is 1. The molecule has 1 saturated heterocycles. The monoisotopic (exact) mass is 478 g/mol. The van der Waals surface area contributed by atoms with E-state index in [2.05, 4.69) is 37.8 Å². The van der Waals surface area contributed by atoms with E-state index in [-0.39, 0.29) is 19.0 Å². The molecule has 10 heteroatoms. The molecule has 3 aromatic rings. The molecule has 2 aliphatic rings. The SMILES string of the molecule is CC(=O)NC[C@H]1CN(c2ccc(-c3ccc4c(c3)CCCN4CCc3cn[nH]n3)c(F)c2)C(=O)O1. The molecule has 0 aliphatic carbocycles. The zero-order chi connectivity index (χ0) is 24.4. The number of hydrogen-bond acceptors (Lipinski definition) is 6. The summed E-state index contributed by atoms with van der Waals surface area (Å²) >= 11 is 0. The fourth-order valence-corrected chi connectivity index (χ4v) is 4.67. The third-order valence-electron chi connectivity index (χ3n) is 6.43. The summed E-state index contributed by atoms with van der Waals surface area (Å²) < 4.78 is 20.5. The van der Waals surface area contributed by atoms with Crippen molar-refractivity contribution in [3.63, 3.8) is 0 Å². The number of carbonyl (C=O) groups excluding carboxylic acids is 2. The lowest BCUT2D eigenvalue weighted by Gasteiger charge is -2.31. The van der Waals surface area contributed by atoms with Crippen LogP contribution in [-0.4, -0.2) is 59.7 Å². The molecule has 35 heavy (non-hydrogen) atoms. The lowest BCUT2D eigenvalue weighted by Crippen LogP contribution is -2.33. The molecule has 9 nitrogen and oxygen atoms in total. The van der Waals surface area contributed by atoms with Crippen molar-refractivity contribution < 1.29 is 18.7 Å². The Morgan fingerprint density at radius 1 is 1.29 bits per heavy atom. The number of H-pyrrole nitrogens is 1. The summed E-state index contributed by atoms with van der Waals surface area (Å²) in [4.78, 5) is 27.1. The number of nitrogens with one attached hydrogen (secondary N) is 2. The standard InChI is InChI=1S/C25H27FN6O3/c1-16(33)27-14-21-15-32(25(34)35-21)20-5-6-22(23(26)12-20)17-4-7-24-18(11-17)3-2-9-31(24)10-8-19-13-28-30-29-19/h4-7,11-13,21H,2-3,8-10,14-15H2,1H3,(H,27,33)(H,28,29,30)/t21-/m0/s1. The van der Waals surface area contributed by atoms with E-state index in [4.69, 9.17) is 4.74 Å². The molecule has 1 atom stereocenters. The van der Waals surface area contributed by atoms with Crippen LogP contribution in [0.2, 0.25) is 0 Å². The fraction of sp³-hybridized carbons (Fsp3) is 0.360. The second kappa shape index (κ2) is 9.73. The van der Waals surface area contributed by atoms with Crippen molar-refractivity contribution in [2.75, 3.05) is 36.0 Å². The number of aryl methyl sites for hydroxylation is 1. The topological polar surface area (TPSA) is 103 Å². The predicted octanol–water partition coefficient (Wildman–Crippen LogP) is 3.07. The van der Waals surface area contributed by atoms with Gasteiger partial charge in [0.15, 0.2) is 0 Å². The third kappa shape index (κ3) is 4.96. The quantitative estimate of drug-likeness (QED) is 0.541. The van der Waals surface area contributed by atoms with Crippen LogP contribution in [0.25, 0.3) is 11.1 Å². The van der Waals surface area contributed by atoms with Crippen LogP contribution in [0.1, 0.15) is 24.6 Å². The van der Waals surface area contributed by atoms with Gasteiger partial charge in [0, 0.05) is 37.7 Å². The van der Waals surface area contributed by atoms with Crippen LogP contribution in [0.15, 0.2) is 42.6 Å². The van der Waals surface area contributed by atoms with Crippen molar-refractivity contribution in [1.82, 2.24) is 20.7 Å². The lowest BCUT2D eigenvalue weighted by molar-refractivity contribution is -0.119. The number of nitrogens with zero attached hydrogens (tertiary/aromatic N) is 4. The van der Waals surface area contributed by atoms with Gasteiger partial charge in [0.25, 0.3) is 0 Å². The van der Waals surface area contributed by atoms with E-state index in [0.717, 1.165) is 43.6 Å². The van der Waals surface area contributed by atoms with E-state index in [1.165, 1.54) is 29.1 Å². The third-order valence-corrected chi connectivity index (χ3v) is 6.43. The zero-order valence-electron chi connectivity index (χ0n) is 19.5. The first-order chi connectivity index (χ1) is 17.0. The first-order valence-corrected chi connectivity index (χ1v) is 11.7. The van der Waals surface area contributed by atoms with Crippen LogP contribution in [0, 0.1) is 5.82 Å². The molecule has 0 radical (unpaired) electrons. The van der Waals surface area contributed by atoms with Gasteiger partial charge in [-0.3, -0.25) is 9.69 Å². The van der Waals surface area contributed by atoms with Gasteiger partial charge >= 0.3 is 6.09 Å². The molecule has 2 aliphatic heterocycles. The Kier molecular flexibility index (Phi) is 6.35. The Hall–Kier alpha value is -3.95. The molecule has 3 heterocycles. The minimum atomic E-state index is -0.549. The molecule has 2 N–H and O–H groups in total. The summed E-state index contributed by atoms with van der Waals surface area (Å²) in [6.45, 7) is 3.70. The number of fused-ring (bicyclic) bond motifs is 1. The number of amides is 2. The highest BCUT2D eigenvalue weighted by Gasteiger charge is 2.32. The minimum absolute atomic E-state index is 0.196. The number of cyclic esters (lactones) is 1. The molecular formula is C25H27FN6O3. The van der Waals surface area contributed by atoms with Crippen molar-refractivity contribution in [3.05, 3.63) is 59.7 Å². The van der Waals surface area contributed by atoms with Crippen LogP contribution in [0.5, 0.6) is 0 Å². The lowest BCUT2D eigenvalue weighted by atomic mass is 9.95. The predicted molar refractivity (Wildman–Crippen MR) is 129 cm³/mol. The molecule has 0 unspecified atom stereocenters.